The van der Waals surface area contributed by atoms with Gasteiger partial charge >= 0.3 is 6.18 Å². The number of carbonyl (C=O) groups is 1. The predicted molar refractivity (Wildman–Crippen MR) is 95.1 cm³/mol. The zero-order valence-electron chi connectivity index (χ0n) is 14.1. The Hall–Kier alpha value is -3.06. The van der Waals surface area contributed by atoms with Gasteiger partial charge in [-0.3, -0.25) is 14.9 Å². The smallest absolute Gasteiger partial charge is 0.272 e. The molecule has 9 nitrogen and oxygen atoms in total. The molecule has 1 amide bonds. The molecule has 29 heavy (non-hydrogen) atoms. The number of hydrogen-bond donors (Lipinski definition) is 1. The van der Waals surface area contributed by atoms with Gasteiger partial charge in [0.2, 0.25) is 9.84 Å². The summed E-state index contributed by atoms with van der Waals surface area (Å²) in [6, 6.07) is 4.64. The van der Waals surface area contributed by atoms with Crippen LogP contribution >= 0.6 is 11.6 Å². The first-order valence-corrected chi connectivity index (χ1v) is 9.45. The summed E-state index contributed by atoms with van der Waals surface area (Å²) in [5.41, 5.74) is 0.556. The third-order valence-electron chi connectivity index (χ3n) is 3.29. The zero-order chi connectivity index (χ0) is 21.8. The first-order valence-electron chi connectivity index (χ1n) is 7.42. The highest BCUT2D eigenvalue weighted by Crippen LogP contribution is 2.28. The minimum atomic E-state index is -4.69. The number of amides is 1. The lowest BCUT2D eigenvalue weighted by Gasteiger charge is -2.07. The van der Waals surface area contributed by atoms with Crippen molar-refractivity contribution >= 4 is 39.2 Å². The van der Waals surface area contributed by atoms with E-state index in [1.165, 1.54) is 6.07 Å². The standard InChI is InChI=1S/C15H10ClF3N4O5S/c16-12-3-2-11(23(25)26)5-9(12)6-21-22-13(24)8-29(27,28)14-4-1-10(7-20-14)15(17,18)19/h1-7H,8H2,(H,22,24). The van der Waals surface area contributed by atoms with Crippen molar-refractivity contribution < 1.29 is 31.3 Å². The number of hydrogen-bond acceptors (Lipinski definition) is 7. The molecule has 0 radical (unpaired) electrons. The Morgan fingerprint density at radius 2 is 2.00 bits per heavy atom. The summed E-state index contributed by atoms with van der Waals surface area (Å²) >= 11 is 5.84. The summed E-state index contributed by atoms with van der Waals surface area (Å²) < 4.78 is 61.6. The van der Waals surface area contributed by atoms with Gasteiger partial charge in [-0.05, 0) is 18.2 Å². The zero-order valence-corrected chi connectivity index (χ0v) is 15.6. The van der Waals surface area contributed by atoms with E-state index < -0.39 is 43.2 Å². The number of non-ortho nitro benzene ring substituents is 1. The molecule has 2 aromatic rings. The van der Waals surface area contributed by atoms with Gasteiger partial charge in [0.1, 0.15) is 5.75 Å². The Bertz CT molecular complexity index is 1070. The number of nitro benzene ring substituents is 1. The average Bonchev–Trinajstić information content (AvgIpc) is 2.62. The fraction of sp³-hybridized carbons (Fsp3) is 0.133. The summed E-state index contributed by atoms with van der Waals surface area (Å²) in [5, 5.41) is 13.6. The van der Waals surface area contributed by atoms with Crippen molar-refractivity contribution in [1.29, 1.82) is 0 Å². The molecule has 0 aliphatic carbocycles. The maximum absolute atomic E-state index is 12.5. The second kappa shape index (κ2) is 8.53. The number of hydrazone groups is 1. The van der Waals surface area contributed by atoms with Gasteiger partial charge in [0.25, 0.3) is 11.6 Å². The van der Waals surface area contributed by atoms with Crippen LogP contribution in [0.2, 0.25) is 5.02 Å². The van der Waals surface area contributed by atoms with Gasteiger partial charge in [-0.25, -0.2) is 18.8 Å². The molecule has 1 heterocycles. The van der Waals surface area contributed by atoms with Crippen LogP contribution in [0.1, 0.15) is 11.1 Å². The van der Waals surface area contributed by atoms with Gasteiger partial charge in [-0.2, -0.15) is 18.3 Å². The number of carbonyl (C=O) groups excluding carboxylic acids is 1. The maximum Gasteiger partial charge on any atom is 0.417 e. The van der Waals surface area contributed by atoms with Crippen LogP contribution in [-0.2, 0) is 20.8 Å². The Kier molecular flexibility index (Phi) is 6.54. The van der Waals surface area contributed by atoms with E-state index in [2.05, 4.69) is 10.1 Å². The number of rotatable bonds is 6. The molecule has 0 atom stereocenters. The van der Waals surface area contributed by atoms with Crippen molar-refractivity contribution in [3.63, 3.8) is 0 Å². The number of aromatic nitrogens is 1. The predicted octanol–water partition coefficient (Wildman–Crippen LogP) is 2.59. The first-order chi connectivity index (χ1) is 13.4. The van der Waals surface area contributed by atoms with Gasteiger partial charge in [-0.1, -0.05) is 11.6 Å². The molecule has 1 N–H and O–H groups in total. The van der Waals surface area contributed by atoms with Crippen LogP contribution in [0.15, 0.2) is 46.7 Å². The molecule has 2 rings (SSSR count). The van der Waals surface area contributed by atoms with Crippen molar-refractivity contribution in [2.75, 3.05) is 5.75 Å². The van der Waals surface area contributed by atoms with E-state index >= 15 is 0 Å². The highest BCUT2D eigenvalue weighted by Gasteiger charge is 2.31. The number of sulfone groups is 1. The molecule has 0 aliphatic heterocycles. The molecule has 14 heteroatoms. The lowest BCUT2D eigenvalue weighted by atomic mass is 10.2. The maximum atomic E-state index is 12.5. The van der Waals surface area contributed by atoms with E-state index in [1.807, 2.05) is 5.43 Å². The molecule has 0 bridgehead atoms. The molecule has 0 spiro atoms. The second-order valence-corrected chi connectivity index (χ2v) is 7.74. The topological polar surface area (TPSA) is 132 Å². The fourth-order valence-electron chi connectivity index (χ4n) is 1.93. The third-order valence-corrected chi connectivity index (χ3v) is 5.15. The molecule has 1 aromatic carbocycles. The minimum absolute atomic E-state index is 0.0911. The van der Waals surface area contributed by atoms with E-state index in [4.69, 9.17) is 11.6 Å². The molecule has 154 valence electrons. The molecule has 1 aromatic heterocycles. The number of pyridine rings is 1. The third kappa shape index (κ3) is 5.96. The van der Waals surface area contributed by atoms with Gasteiger partial charge in [0.05, 0.1) is 16.7 Å². The Balaban J connectivity index is 2.06. The van der Waals surface area contributed by atoms with Gasteiger partial charge in [0, 0.05) is 28.9 Å². The highest BCUT2D eigenvalue weighted by molar-refractivity contribution is 7.92. The van der Waals surface area contributed by atoms with Crippen LogP contribution in [0.3, 0.4) is 0 Å². The lowest BCUT2D eigenvalue weighted by Crippen LogP contribution is -2.27. The lowest BCUT2D eigenvalue weighted by molar-refractivity contribution is -0.384. The average molecular weight is 451 g/mol. The van der Waals surface area contributed by atoms with Crippen molar-refractivity contribution in [2.24, 2.45) is 5.10 Å². The minimum Gasteiger partial charge on any atom is -0.272 e. The highest BCUT2D eigenvalue weighted by atomic mass is 35.5. The number of nitrogens with zero attached hydrogens (tertiary/aromatic N) is 3. The SMILES string of the molecule is O=C(CS(=O)(=O)c1ccc(C(F)(F)F)cn1)NN=Cc1cc([N+](=O)[O-])ccc1Cl. The van der Waals surface area contributed by atoms with E-state index in [9.17, 15) is 36.5 Å². The van der Waals surface area contributed by atoms with E-state index in [-0.39, 0.29) is 16.3 Å². The molecule has 0 saturated carbocycles. The van der Waals surface area contributed by atoms with E-state index in [0.717, 1.165) is 18.3 Å². The molecular weight excluding hydrogens is 441 g/mol. The van der Waals surface area contributed by atoms with Crippen LogP contribution in [0, 0.1) is 10.1 Å². The molecular formula is C15H10ClF3N4O5S. The first kappa shape index (κ1) is 22.2. The Morgan fingerprint density at radius 1 is 1.31 bits per heavy atom. The van der Waals surface area contributed by atoms with E-state index in [0.29, 0.717) is 18.3 Å². The van der Waals surface area contributed by atoms with Crippen LogP contribution in [0.4, 0.5) is 18.9 Å². The van der Waals surface area contributed by atoms with Crippen molar-refractivity contribution in [2.45, 2.75) is 11.2 Å². The number of benzene rings is 1. The van der Waals surface area contributed by atoms with Crippen molar-refractivity contribution in [1.82, 2.24) is 10.4 Å². The molecule has 0 unspecified atom stereocenters. The van der Waals surface area contributed by atoms with Gasteiger partial charge in [-0.15, -0.1) is 0 Å². The quantitative estimate of drug-likeness (QED) is 0.408. The van der Waals surface area contributed by atoms with Gasteiger partial charge in [0.15, 0.2) is 5.03 Å². The van der Waals surface area contributed by atoms with Crippen molar-refractivity contribution in [3.05, 3.63) is 62.8 Å². The molecule has 0 fully saturated rings. The summed E-state index contributed by atoms with van der Waals surface area (Å²) in [6.45, 7) is 0. The van der Waals surface area contributed by atoms with Crippen molar-refractivity contribution in [3.8, 4) is 0 Å². The van der Waals surface area contributed by atoms with Crippen LogP contribution < -0.4 is 5.43 Å². The number of nitro groups is 1. The molecule has 0 saturated heterocycles. The van der Waals surface area contributed by atoms with Crippen LogP contribution in [-0.4, -0.2) is 36.2 Å². The Labute approximate surface area is 166 Å². The van der Waals surface area contributed by atoms with Crippen LogP contribution in [0.5, 0.6) is 0 Å². The number of nitrogens with one attached hydrogen (secondary N) is 1. The van der Waals surface area contributed by atoms with E-state index in [1.54, 1.807) is 0 Å². The summed E-state index contributed by atoms with van der Waals surface area (Å²) in [7, 11) is -4.32. The number of halogens is 4. The summed E-state index contributed by atoms with van der Waals surface area (Å²) in [6.07, 6.45) is -3.38. The number of alkyl halides is 3. The Morgan fingerprint density at radius 3 is 2.55 bits per heavy atom. The van der Waals surface area contributed by atoms with Gasteiger partial charge < -0.3 is 0 Å². The molecule has 0 aliphatic rings. The normalized spacial score (nSPS) is 12.1. The fourth-order valence-corrected chi connectivity index (χ4v) is 3.14. The second-order valence-electron chi connectivity index (χ2n) is 5.40. The summed E-state index contributed by atoms with van der Waals surface area (Å²) in [5.74, 6) is -2.24. The largest absolute Gasteiger partial charge is 0.417 e. The summed E-state index contributed by atoms with van der Waals surface area (Å²) in [4.78, 5) is 25.0. The van der Waals surface area contributed by atoms with Crippen LogP contribution in [0.25, 0.3) is 0 Å². The monoisotopic (exact) mass is 450 g/mol.